The van der Waals surface area contributed by atoms with Crippen LogP contribution in [0.1, 0.15) is 12.0 Å². The van der Waals surface area contributed by atoms with E-state index in [4.69, 9.17) is 22.7 Å². The highest BCUT2D eigenvalue weighted by molar-refractivity contribution is 7.80. The van der Waals surface area contributed by atoms with Gasteiger partial charge in [0.1, 0.15) is 10.7 Å². The molecule has 0 amide bonds. The summed E-state index contributed by atoms with van der Waals surface area (Å²) in [7, 11) is 0. The van der Waals surface area contributed by atoms with Crippen LogP contribution in [-0.2, 0) is 0 Å². The second-order valence-corrected chi connectivity index (χ2v) is 3.39. The van der Waals surface area contributed by atoms with Crippen molar-refractivity contribution in [1.82, 2.24) is 4.98 Å². The number of nitrogens with two attached hydrogens (primary N) is 1. The minimum absolute atomic E-state index is 0.0596. The van der Waals surface area contributed by atoms with E-state index in [1.165, 1.54) is 18.5 Å². The van der Waals surface area contributed by atoms with Crippen LogP contribution in [0.3, 0.4) is 0 Å². The van der Waals surface area contributed by atoms with Gasteiger partial charge in [-0.2, -0.15) is 13.2 Å². The van der Waals surface area contributed by atoms with E-state index in [-0.39, 0.29) is 10.7 Å². The Morgan fingerprint density at radius 3 is 2.75 bits per heavy atom. The van der Waals surface area contributed by atoms with Crippen molar-refractivity contribution in [2.45, 2.75) is 12.6 Å². The highest BCUT2D eigenvalue weighted by atomic mass is 32.1. The first-order valence-corrected chi connectivity index (χ1v) is 4.74. The maximum atomic E-state index is 11.9. The summed E-state index contributed by atoms with van der Waals surface area (Å²) < 4.78 is 40.5. The third kappa shape index (κ3) is 4.01. The van der Waals surface area contributed by atoms with Crippen LogP contribution in [0, 0.1) is 0 Å². The van der Waals surface area contributed by atoms with Crippen molar-refractivity contribution in [3.8, 4) is 5.75 Å². The van der Waals surface area contributed by atoms with E-state index < -0.39 is 19.2 Å². The monoisotopic (exact) mass is 250 g/mol. The van der Waals surface area contributed by atoms with Gasteiger partial charge in [-0.25, -0.2) is 0 Å². The zero-order chi connectivity index (χ0) is 12.2. The molecule has 1 aromatic rings. The minimum atomic E-state index is -4.24. The predicted molar refractivity (Wildman–Crippen MR) is 56.3 cm³/mol. The molecule has 0 unspecified atom stereocenters. The fraction of sp³-hybridized carbons (Fsp3) is 0.333. The summed E-state index contributed by atoms with van der Waals surface area (Å²) in [6, 6.07) is 1.49. The highest BCUT2D eigenvalue weighted by Crippen LogP contribution is 2.21. The molecule has 7 heteroatoms. The van der Waals surface area contributed by atoms with Crippen LogP contribution in [0.4, 0.5) is 13.2 Å². The van der Waals surface area contributed by atoms with Gasteiger partial charge < -0.3 is 10.5 Å². The average Bonchev–Trinajstić information content (AvgIpc) is 2.16. The first kappa shape index (κ1) is 12.7. The van der Waals surface area contributed by atoms with Crippen molar-refractivity contribution < 1.29 is 17.9 Å². The van der Waals surface area contributed by atoms with Crippen LogP contribution < -0.4 is 10.5 Å². The lowest BCUT2D eigenvalue weighted by atomic mass is 10.2. The number of thiocarbonyl (C=S) groups is 1. The number of hydrogen-bond acceptors (Lipinski definition) is 3. The second kappa shape index (κ2) is 5.11. The van der Waals surface area contributed by atoms with Crippen molar-refractivity contribution in [2.75, 3.05) is 6.61 Å². The fourth-order valence-electron chi connectivity index (χ4n) is 0.975. The zero-order valence-corrected chi connectivity index (χ0v) is 8.94. The Labute approximate surface area is 95.4 Å². The van der Waals surface area contributed by atoms with Crippen molar-refractivity contribution >= 4 is 17.2 Å². The van der Waals surface area contributed by atoms with Gasteiger partial charge in [0.05, 0.1) is 24.8 Å². The Bertz CT molecular complexity index is 381. The van der Waals surface area contributed by atoms with Gasteiger partial charge in [0.15, 0.2) is 0 Å². The molecule has 0 aliphatic carbocycles. The lowest BCUT2D eigenvalue weighted by Crippen LogP contribution is -2.16. The summed E-state index contributed by atoms with van der Waals surface area (Å²) in [5.74, 6) is 0.166. The van der Waals surface area contributed by atoms with E-state index in [0.717, 1.165) is 0 Å². The summed E-state index contributed by atoms with van der Waals surface area (Å²) in [5.41, 5.74) is 5.76. The molecule has 0 spiro atoms. The number of alkyl halides is 3. The van der Waals surface area contributed by atoms with Gasteiger partial charge in [0, 0.05) is 6.20 Å². The Morgan fingerprint density at radius 1 is 1.50 bits per heavy atom. The number of aromatic nitrogens is 1. The number of pyridine rings is 1. The molecule has 88 valence electrons. The van der Waals surface area contributed by atoms with E-state index in [9.17, 15) is 13.2 Å². The Kier molecular flexibility index (Phi) is 4.05. The quantitative estimate of drug-likeness (QED) is 0.831. The normalized spacial score (nSPS) is 11.2. The Balaban J connectivity index is 2.64. The lowest BCUT2D eigenvalue weighted by molar-refractivity contribution is -0.139. The fourth-order valence-corrected chi connectivity index (χ4v) is 1.14. The van der Waals surface area contributed by atoms with Crippen LogP contribution in [-0.4, -0.2) is 22.8 Å². The van der Waals surface area contributed by atoms with Gasteiger partial charge in [-0.05, 0) is 6.07 Å². The van der Waals surface area contributed by atoms with E-state index in [1.54, 1.807) is 0 Å². The third-order valence-electron chi connectivity index (χ3n) is 1.69. The van der Waals surface area contributed by atoms with Crippen molar-refractivity contribution in [2.24, 2.45) is 5.73 Å². The molecule has 3 nitrogen and oxygen atoms in total. The first-order chi connectivity index (χ1) is 7.40. The number of nitrogens with zero attached hydrogens (tertiary/aromatic N) is 1. The minimum Gasteiger partial charge on any atom is -0.491 e. The largest absolute Gasteiger partial charge is 0.491 e. The maximum Gasteiger partial charge on any atom is 0.392 e. The number of hydrogen-bond donors (Lipinski definition) is 1. The van der Waals surface area contributed by atoms with Crippen molar-refractivity contribution in [1.29, 1.82) is 0 Å². The molecule has 0 atom stereocenters. The maximum absolute atomic E-state index is 11.9. The Hall–Kier alpha value is -1.37. The van der Waals surface area contributed by atoms with Crippen LogP contribution >= 0.6 is 12.2 Å². The van der Waals surface area contributed by atoms with Gasteiger partial charge in [-0.1, -0.05) is 12.2 Å². The number of rotatable bonds is 4. The second-order valence-electron chi connectivity index (χ2n) is 2.95. The SMILES string of the molecule is NC(=S)c1ccncc1OCCC(F)(F)F. The van der Waals surface area contributed by atoms with Crippen LogP contribution in [0.25, 0.3) is 0 Å². The third-order valence-corrected chi connectivity index (χ3v) is 1.91. The Morgan fingerprint density at radius 2 is 2.19 bits per heavy atom. The lowest BCUT2D eigenvalue weighted by Gasteiger charge is -2.10. The zero-order valence-electron chi connectivity index (χ0n) is 8.12. The van der Waals surface area contributed by atoms with Gasteiger partial charge in [-0.3, -0.25) is 4.98 Å². The summed E-state index contributed by atoms with van der Waals surface area (Å²) >= 11 is 4.72. The van der Waals surface area contributed by atoms with Gasteiger partial charge >= 0.3 is 6.18 Å². The molecular formula is C9H9F3N2OS. The molecular weight excluding hydrogens is 241 g/mol. The molecule has 0 bridgehead atoms. The molecule has 0 saturated heterocycles. The van der Waals surface area contributed by atoms with Crippen molar-refractivity contribution in [3.05, 3.63) is 24.0 Å². The van der Waals surface area contributed by atoms with Crippen molar-refractivity contribution in [3.63, 3.8) is 0 Å². The molecule has 1 aromatic heterocycles. The molecule has 1 heterocycles. The number of halogens is 3. The summed E-state index contributed by atoms with van der Waals surface area (Å²) in [4.78, 5) is 3.78. The summed E-state index contributed by atoms with van der Waals surface area (Å²) in [6.07, 6.45) is -2.56. The smallest absolute Gasteiger partial charge is 0.392 e. The summed E-state index contributed by atoms with van der Waals surface area (Å²) in [5, 5.41) is 0. The van der Waals surface area contributed by atoms with Gasteiger partial charge in [-0.15, -0.1) is 0 Å². The molecule has 0 aliphatic heterocycles. The standard InChI is InChI=1S/C9H9F3N2OS/c10-9(11,12)2-4-15-7-5-14-3-1-6(7)8(13)16/h1,3,5H,2,4H2,(H2,13,16). The predicted octanol–water partition coefficient (Wildman–Crippen LogP) is 2.05. The molecule has 16 heavy (non-hydrogen) atoms. The molecule has 0 aliphatic rings. The molecule has 0 radical (unpaired) electrons. The molecule has 2 N–H and O–H groups in total. The first-order valence-electron chi connectivity index (χ1n) is 4.33. The molecule has 0 aromatic carbocycles. The van der Waals surface area contributed by atoms with E-state index >= 15 is 0 Å². The van der Waals surface area contributed by atoms with E-state index in [2.05, 4.69) is 4.98 Å². The highest BCUT2D eigenvalue weighted by Gasteiger charge is 2.27. The number of ether oxygens (including phenoxy) is 1. The van der Waals surface area contributed by atoms with Gasteiger partial charge in [0.25, 0.3) is 0 Å². The summed E-state index contributed by atoms with van der Waals surface area (Å²) in [6.45, 7) is -0.481. The van der Waals surface area contributed by atoms with E-state index in [0.29, 0.717) is 5.56 Å². The molecule has 1 rings (SSSR count). The van der Waals surface area contributed by atoms with Crippen LogP contribution in [0.15, 0.2) is 18.5 Å². The van der Waals surface area contributed by atoms with Crippen LogP contribution in [0.2, 0.25) is 0 Å². The topological polar surface area (TPSA) is 48.1 Å². The van der Waals surface area contributed by atoms with Gasteiger partial charge in [0.2, 0.25) is 0 Å². The molecule has 0 saturated carbocycles. The van der Waals surface area contributed by atoms with Crippen LogP contribution in [0.5, 0.6) is 5.75 Å². The van der Waals surface area contributed by atoms with E-state index in [1.807, 2.05) is 0 Å². The molecule has 0 fully saturated rings. The average molecular weight is 250 g/mol.